The number of fused-ring (bicyclic) bond motifs is 1. The van der Waals surface area contributed by atoms with Crippen LogP contribution in [0.4, 0.5) is 0 Å². The second-order valence-corrected chi connectivity index (χ2v) is 4.32. The third-order valence-electron chi connectivity index (χ3n) is 2.88. The van der Waals surface area contributed by atoms with E-state index in [0.717, 1.165) is 6.42 Å². The fraction of sp³-hybridized carbons (Fsp3) is 0.533. The van der Waals surface area contributed by atoms with Gasteiger partial charge in [-0.2, -0.15) is 0 Å². The summed E-state index contributed by atoms with van der Waals surface area (Å²) in [6.07, 6.45) is -0.0342. The van der Waals surface area contributed by atoms with E-state index in [-0.39, 0.29) is 5.78 Å². The van der Waals surface area contributed by atoms with Crippen LogP contribution >= 0.6 is 0 Å². The third-order valence-corrected chi connectivity index (χ3v) is 2.88. The second-order valence-electron chi connectivity index (χ2n) is 4.32. The Bertz CT molecular complexity index is 452. The van der Waals surface area contributed by atoms with Crippen molar-refractivity contribution in [3.8, 4) is 11.5 Å². The van der Waals surface area contributed by atoms with Crippen LogP contribution in [0.15, 0.2) is 18.2 Å². The van der Waals surface area contributed by atoms with Crippen molar-refractivity contribution in [1.29, 1.82) is 0 Å². The van der Waals surface area contributed by atoms with Crippen molar-refractivity contribution in [3.63, 3.8) is 0 Å². The first-order valence-corrected chi connectivity index (χ1v) is 6.93. The Morgan fingerprint density at radius 2 is 1.80 bits per heavy atom. The second kappa shape index (κ2) is 7.26. The Morgan fingerprint density at radius 1 is 1.15 bits per heavy atom. The lowest BCUT2D eigenvalue weighted by Gasteiger charge is -2.16. The van der Waals surface area contributed by atoms with E-state index < -0.39 is 6.29 Å². The van der Waals surface area contributed by atoms with E-state index in [0.29, 0.717) is 43.5 Å². The number of Topliss-reactive ketones (excluding diaryl/α,β-unsaturated/α-hetero) is 1. The summed E-state index contributed by atoms with van der Waals surface area (Å²) in [5, 5.41) is 0. The van der Waals surface area contributed by atoms with Crippen molar-refractivity contribution >= 4 is 5.78 Å². The summed E-state index contributed by atoms with van der Waals surface area (Å²) in [5.74, 6) is 1.06. The molecule has 0 saturated heterocycles. The van der Waals surface area contributed by atoms with Gasteiger partial charge in [-0.25, -0.2) is 0 Å². The molecule has 20 heavy (non-hydrogen) atoms. The van der Waals surface area contributed by atoms with Crippen molar-refractivity contribution in [1.82, 2.24) is 0 Å². The lowest BCUT2D eigenvalue weighted by Crippen LogP contribution is -2.27. The van der Waals surface area contributed by atoms with E-state index in [1.165, 1.54) is 0 Å². The molecule has 5 nitrogen and oxygen atoms in total. The Morgan fingerprint density at radius 3 is 2.45 bits per heavy atom. The van der Waals surface area contributed by atoms with Crippen molar-refractivity contribution in [2.24, 2.45) is 0 Å². The highest BCUT2D eigenvalue weighted by Crippen LogP contribution is 2.31. The first kappa shape index (κ1) is 14.8. The number of carbonyl (C=O) groups is 1. The molecule has 0 spiro atoms. The minimum absolute atomic E-state index is 0.204. The minimum atomic E-state index is -0.866. The predicted molar refractivity (Wildman–Crippen MR) is 73.4 cm³/mol. The fourth-order valence-corrected chi connectivity index (χ4v) is 1.95. The number of benzene rings is 1. The Labute approximate surface area is 118 Å². The zero-order chi connectivity index (χ0) is 14.4. The largest absolute Gasteiger partial charge is 0.490 e. The van der Waals surface area contributed by atoms with E-state index >= 15 is 0 Å². The summed E-state index contributed by atoms with van der Waals surface area (Å²) in [6.45, 7) is 5.70. The van der Waals surface area contributed by atoms with Gasteiger partial charge in [-0.05, 0) is 32.0 Å². The molecule has 0 aliphatic carbocycles. The molecule has 0 bridgehead atoms. The van der Waals surface area contributed by atoms with E-state index in [9.17, 15) is 4.79 Å². The molecule has 0 saturated carbocycles. The van der Waals surface area contributed by atoms with Gasteiger partial charge < -0.3 is 18.9 Å². The number of hydrogen-bond acceptors (Lipinski definition) is 5. The maximum atomic E-state index is 12.4. The van der Waals surface area contributed by atoms with E-state index in [1.54, 1.807) is 18.2 Å². The minimum Gasteiger partial charge on any atom is -0.490 e. The zero-order valence-electron chi connectivity index (χ0n) is 11.9. The molecule has 1 aliphatic rings. The summed E-state index contributed by atoms with van der Waals surface area (Å²) in [4.78, 5) is 12.4. The number of ether oxygens (including phenoxy) is 4. The van der Waals surface area contributed by atoms with Crippen molar-refractivity contribution < 1.29 is 23.7 Å². The number of hydrogen-bond donors (Lipinski definition) is 0. The molecule has 0 amide bonds. The van der Waals surface area contributed by atoms with E-state index in [4.69, 9.17) is 18.9 Å². The summed E-state index contributed by atoms with van der Waals surface area (Å²) in [5.41, 5.74) is 0.501. The summed E-state index contributed by atoms with van der Waals surface area (Å²) in [6, 6.07) is 5.15. The first-order chi connectivity index (χ1) is 9.76. The van der Waals surface area contributed by atoms with Gasteiger partial charge in [0.1, 0.15) is 0 Å². The predicted octanol–water partition coefficient (Wildman–Crippen LogP) is 2.43. The Kier molecular flexibility index (Phi) is 5.38. The molecule has 0 N–H and O–H groups in total. The quantitative estimate of drug-likeness (QED) is 0.591. The molecule has 1 aliphatic heterocycles. The van der Waals surface area contributed by atoms with Gasteiger partial charge in [0.2, 0.25) is 12.1 Å². The zero-order valence-corrected chi connectivity index (χ0v) is 11.9. The van der Waals surface area contributed by atoms with Crippen molar-refractivity contribution in [2.45, 2.75) is 26.6 Å². The normalized spacial score (nSPS) is 14.2. The maximum absolute atomic E-state index is 12.4. The molecule has 2 rings (SSSR count). The molecular weight excluding hydrogens is 260 g/mol. The molecule has 110 valence electrons. The molecule has 0 fully saturated rings. The van der Waals surface area contributed by atoms with Crippen LogP contribution in [0.3, 0.4) is 0 Å². The van der Waals surface area contributed by atoms with Crippen LogP contribution in [0.1, 0.15) is 30.6 Å². The lowest BCUT2D eigenvalue weighted by atomic mass is 10.1. The summed E-state index contributed by atoms with van der Waals surface area (Å²) >= 11 is 0. The molecular formula is C15H20O5. The molecule has 1 aromatic carbocycles. The molecule has 0 aromatic heterocycles. The van der Waals surface area contributed by atoms with Gasteiger partial charge in [0.25, 0.3) is 0 Å². The van der Waals surface area contributed by atoms with Crippen LogP contribution in [0.5, 0.6) is 11.5 Å². The highest BCUT2D eigenvalue weighted by molar-refractivity contribution is 5.99. The average molecular weight is 280 g/mol. The fourth-order valence-electron chi connectivity index (χ4n) is 1.95. The standard InChI is InChI=1S/C15H20O5/c1-3-17-15(18-4-2)14(16)11-6-7-12-13(10-11)20-9-5-8-19-12/h6-7,10,15H,3-5,8-9H2,1-2H3. The van der Waals surface area contributed by atoms with E-state index in [1.807, 2.05) is 13.8 Å². The van der Waals surface area contributed by atoms with Crippen LogP contribution in [0, 0.1) is 0 Å². The summed E-state index contributed by atoms with van der Waals surface area (Å²) < 4.78 is 21.8. The van der Waals surface area contributed by atoms with Gasteiger partial charge in [-0.1, -0.05) is 0 Å². The molecule has 0 radical (unpaired) electrons. The smallest absolute Gasteiger partial charge is 0.222 e. The molecule has 5 heteroatoms. The van der Waals surface area contributed by atoms with Crippen LogP contribution < -0.4 is 9.47 Å². The first-order valence-electron chi connectivity index (χ1n) is 6.93. The van der Waals surface area contributed by atoms with Crippen LogP contribution in [0.25, 0.3) is 0 Å². The molecule has 1 aromatic rings. The van der Waals surface area contributed by atoms with Crippen LogP contribution in [0.2, 0.25) is 0 Å². The van der Waals surface area contributed by atoms with Crippen LogP contribution in [-0.2, 0) is 9.47 Å². The van der Waals surface area contributed by atoms with Gasteiger partial charge in [-0.15, -0.1) is 0 Å². The number of rotatable bonds is 6. The van der Waals surface area contributed by atoms with Gasteiger partial charge >= 0.3 is 0 Å². The molecule has 0 atom stereocenters. The van der Waals surface area contributed by atoms with Gasteiger partial charge in [-0.3, -0.25) is 4.79 Å². The van der Waals surface area contributed by atoms with E-state index in [2.05, 4.69) is 0 Å². The Hall–Kier alpha value is -1.59. The van der Waals surface area contributed by atoms with Gasteiger partial charge in [0.15, 0.2) is 11.5 Å². The summed E-state index contributed by atoms with van der Waals surface area (Å²) in [7, 11) is 0. The van der Waals surface area contributed by atoms with Gasteiger partial charge in [0.05, 0.1) is 13.2 Å². The average Bonchev–Trinajstić information content (AvgIpc) is 2.70. The maximum Gasteiger partial charge on any atom is 0.222 e. The van der Waals surface area contributed by atoms with Crippen molar-refractivity contribution in [2.75, 3.05) is 26.4 Å². The lowest BCUT2D eigenvalue weighted by molar-refractivity contribution is -0.107. The highest BCUT2D eigenvalue weighted by Gasteiger charge is 2.22. The molecule has 0 unspecified atom stereocenters. The topological polar surface area (TPSA) is 54.0 Å². The highest BCUT2D eigenvalue weighted by atomic mass is 16.7. The SMILES string of the molecule is CCOC(OCC)C(=O)c1ccc2c(c1)OCCCO2. The number of carbonyl (C=O) groups excluding carboxylic acids is 1. The molecule has 1 heterocycles. The van der Waals surface area contributed by atoms with Crippen LogP contribution in [-0.4, -0.2) is 38.5 Å². The van der Waals surface area contributed by atoms with Gasteiger partial charge in [0, 0.05) is 25.2 Å². The van der Waals surface area contributed by atoms with Crippen molar-refractivity contribution in [3.05, 3.63) is 23.8 Å². The Balaban J connectivity index is 2.19. The third kappa shape index (κ3) is 3.49. The number of ketones is 1. The monoisotopic (exact) mass is 280 g/mol.